The molecule has 112 valence electrons. The first-order chi connectivity index (χ1) is 10.7. The van der Waals surface area contributed by atoms with E-state index in [2.05, 4.69) is 15.4 Å². The van der Waals surface area contributed by atoms with Gasteiger partial charge in [0.25, 0.3) is 5.91 Å². The number of carbonyl (C=O) groups excluding carboxylic acids is 1. The fourth-order valence-corrected chi connectivity index (χ4v) is 2.36. The normalized spacial score (nSPS) is 12.0. The zero-order chi connectivity index (χ0) is 15.4. The first kappa shape index (κ1) is 14.1. The molecule has 3 rings (SSSR count). The number of carbonyl (C=O) groups is 1. The molecule has 0 radical (unpaired) electrons. The van der Waals surface area contributed by atoms with E-state index in [1.807, 2.05) is 49.6 Å². The summed E-state index contributed by atoms with van der Waals surface area (Å²) >= 11 is 0. The van der Waals surface area contributed by atoms with Crippen LogP contribution in [0.5, 0.6) is 0 Å². The number of aromatic nitrogens is 4. The molecule has 6 nitrogen and oxygen atoms in total. The van der Waals surface area contributed by atoms with Crippen molar-refractivity contribution >= 4 is 5.91 Å². The Morgan fingerprint density at radius 2 is 2.05 bits per heavy atom. The highest BCUT2D eigenvalue weighted by molar-refractivity contribution is 5.93. The van der Waals surface area contributed by atoms with Gasteiger partial charge in [-0.05, 0) is 17.7 Å². The zero-order valence-corrected chi connectivity index (χ0v) is 12.3. The number of amides is 1. The van der Waals surface area contributed by atoms with E-state index < -0.39 is 0 Å². The van der Waals surface area contributed by atoms with Gasteiger partial charge >= 0.3 is 0 Å². The van der Waals surface area contributed by atoms with Crippen LogP contribution in [-0.4, -0.2) is 25.2 Å². The van der Waals surface area contributed by atoms with Crippen LogP contribution in [0.2, 0.25) is 0 Å². The van der Waals surface area contributed by atoms with Gasteiger partial charge in [0.1, 0.15) is 18.3 Å². The van der Waals surface area contributed by atoms with Crippen LogP contribution in [-0.2, 0) is 13.6 Å². The maximum atomic E-state index is 12.5. The highest BCUT2D eigenvalue weighted by Gasteiger charge is 2.18. The van der Waals surface area contributed by atoms with E-state index in [-0.39, 0.29) is 11.9 Å². The van der Waals surface area contributed by atoms with E-state index in [4.69, 9.17) is 0 Å². The highest BCUT2D eigenvalue weighted by atomic mass is 16.2. The summed E-state index contributed by atoms with van der Waals surface area (Å²) in [6.07, 6.45) is 4.98. The van der Waals surface area contributed by atoms with Gasteiger partial charge in [0.15, 0.2) is 0 Å². The van der Waals surface area contributed by atoms with Gasteiger partial charge in [-0.3, -0.25) is 9.48 Å². The third kappa shape index (κ3) is 3.06. The SMILES string of the molecule is Cn1cccc1C(=O)N[C@H](Cn1cncn1)c1ccccc1. The second kappa shape index (κ2) is 6.26. The summed E-state index contributed by atoms with van der Waals surface area (Å²) in [6, 6.07) is 13.3. The Morgan fingerprint density at radius 1 is 1.23 bits per heavy atom. The van der Waals surface area contributed by atoms with Gasteiger partial charge in [0, 0.05) is 13.2 Å². The van der Waals surface area contributed by atoms with Crippen molar-refractivity contribution in [3.63, 3.8) is 0 Å². The molecule has 0 fully saturated rings. The lowest BCUT2D eigenvalue weighted by Crippen LogP contribution is -2.32. The Kier molecular flexibility index (Phi) is 4.00. The van der Waals surface area contributed by atoms with E-state index >= 15 is 0 Å². The Hall–Kier alpha value is -2.89. The molecular formula is C16H17N5O. The van der Waals surface area contributed by atoms with Crippen LogP contribution in [0.4, 0.5) is 0 Å². The van der Waals surface area contributed by atoms with Crippen LogP contribution in [0.25, 0.3) is 0 Å². The Balaban J connectivity index is 1.82. The fraction of sp³-hybridized carbons (Fsp3) is 0.188. The molecule has 2 aromatic heterocycles. The third-order valence-corrected chi connectivity index (χ3v) is 3.52. The molecule has 0 saturated heterocycles. The van der Waals surface area contributed by atoms with Crippen molar-refractivity contribution in [2.24, 2.45) is 7.05 Å². The third-order valence-electron chi connectivity index (χ3n) is 3.52. The fourth-order valence-electron chi connectivity index (χ4n) is 2.36. The molecule has 0 aliphatic carbocycles. The van der Waals surface area contributed by atoms with Crippen LogP contribution in [0.15, 0.2) is 61.3 Å². The minimum atomic E-state index is -0.176. The lowest BCUT2D eigenvalue weighted by molar-refractivity contribution is 0.0923. The van der Waals surface area contributed by atoms with E-state index in [1.165, 1.54) is 6.33 Å². The molecule has 2 heterocycles. The van der Waals surface area contributed by atoms with Crippen molar-refractivity contribution in [1.82, 2.24) is 24.6 Å². The van der Waals surface area contributed by atoms with Crippen molar-refractivity contribution in [2.75, 3.05) is 0 Å². The quantitative estimate of drug-likeness (QED) is 0.780. The average Bonchev–Trinajstić information content (AvgIpc) is 3.19. The largest absolute Gasteiger partial charge is 0.347 e. The predicted octanol–water partition coefficient (Wildman–Crippen LogP) is 1.79. The summed E-state index contributed by atoms with van der Waals surface area (Å²) < 4.78 is 3.51. The molecule has 0 aliphatic rings. The van der Waals surface area contributed by atoms with Gasteiger partial charge in [0.2, 0.25) is 0 Å². The van der Waals surface area contributed by atoms with Crippen molar-refractivity contribution in [3.05, 3.63) is 72.6 Å². The first-order valence-electron chi connectivity index (χ1n) is 7.03. The maximum absolute atomic E-state index is 12.5. The lowest BCUT2D eigenvalue weighted by atomic mass is 10.1. The predicted molar refractivity (Wildman–Crippen MR) is 82.1 cm³/mol. The van der Waals surface area contributed by atoms with Gasteiger partial charge in [-0.25, -0.2) is 4.98 Å². The van der Waals surface area contributed by atoms with Crippen LogP contribution in [0.3, 0.4) is 0 Å². The monoisotopic (exact) mass is 295 g/mol. The first-order valence-corrected chi connectivity index (χ1v) is 7.03. The molecule has 22 heavy (non-hydrogen) atoms. The molecule has 0 unspecified atom stereocenters. The van der Waals surface area contributed by atoms with Gasteiger partial charge in [-0.2, -0.15) is 5.10 Å². The molecule has 6 heteroatoms. The summed E-state index contributed by atoms with van der Waals surface area (Å²) in [4.78, 5) is 16.4. The van der Waals surface area contributed by atoms with Crippen molar-refractivity contribution in [3.8, 4) is 0 Å². The smallest absolute Gasteiger partial charge is 0.268 e. The summed E-state index contributed by atoms with van der Waals surface area (Å²) in [5.74, 6) is -0.110. The number of nitrogens with one attached hydrogen (secondary N) is 1. The van der Waals surface area contributed by atoms with Gasteiger partial charge in [-0.1, -0.05) is 30.3 Å². The molecular weight excluding hydrogens is 278 g/mol. The minimum Gasteiger partial charge on any atom is -0.347 e. The Labute approximate surface area is 128 Å². The van der Waals surface area contributed by atoms with Crippen molar-refractivity contribution in [1.29, 1.82) is 0 Å². The van der Waals surface area contributed by atoms with Crippen LogP contribution in [0, 0.1) is 0 Å². The summed E-state index contributed by atoms with van der Waals surface area (Å²) in [5.41, 5.74) is 1.65. The Morgan fingerprint density at radius 3 is 2.68 bits per heavy atom. The molecule has 1 atom stereocenters. The van der Waals surface area contributed by atoms with Crippen LogP contribution >= 0.6 is 0 Å². The minimum absolute atomic E-state index is 0.110. The number of benzene rings is 1. The number of aryl methyl sites for hydroxylation is 1. The van der Waals surface area contributed by atoms with Crippen LogP contribution in [0.1, 0.15) is 22.1 Å². The lowest BCUT2D eigenvalue weighted by Gasteiger charge is -2.19. The molecule has 0 bridgehead atoms. The topological polar surface area (TPSA) is 64.7 Å². The van der Waals surface area contributed by atoms with Gasteiger partial charge < -0.3 is 9.88 Å². The summed E-state index contributed by atoms with van der Waals surface area (Å²) in [5, 5.41) is 7.18. The van der Waals surface area contributed by atoms with Gasteiger partial charge in [-0.15, -0.1) is 0 Å². The van der Waals surface area contributed by atoms with Crippen molar-refractivity contribution in [2.45, 2.75) is 12.6 Å². The molecule has 1 N–H and O–H groups in total. The summed E-state index contributed by atoms with van der Waals surface area (Å²) in [6.45, 7) is 0.528. The molecule has 0 spiro atoms. The number of rotatable bonds is 5. The second-order valence-corrected chi connectivity index (χ2v) is 5.06. The molecule has 1 aromatic carbocycles. The molecule has 0 aliphatic heterocycles. The van der Waals surface area contributed by atoms with Crippen molar-refractivity contribution < 1.29 is 4.79 Å². The zero-order valence-electron chi connectivity index (χ0n) is 12.3. The van der Waals surface area contributed by atoms with Gasteiger partial charge in [0.05, 0.1) is 12.6 Å². The molecule has 0 saturated carbocycles. The van der Waals surface area contributed by atoms with Crippen LogP contribution < -0.4 is 5.32 Å². The molecule has 1 amide bonds. The van der Waals surface area contributed by atoms with E-state index in [0.29, 0.717) is 12.2 Å². The Bertz CT molecular complexity index is 733. The maximum Gasteiger partial charge on any atom is 0.268 e. The van der Waals surface area contributed by atoms with E-state index in [0.717, 1.165) is 5.56 Å². The number of hydrogen-bond donors (Lipinski definition) is 1. The second-order valence-electron chi connectivity index (χ2n) is 5.06. The highest BCUT2D eigenvalue weighted by Crippen LogP contribution is 2.15. The number of hydrogen-bond acceptors (Lipinski definition) is 3. The average molecular weight is 295 g/mol. The van der Waals surface area contributed by atoms with E-state index in [9.17, 15) is 4.79 Å². The van der Waals surface area contributed by atoms with E-state index in [1.54, 1.807) is 21.6 Å². The molecule has 3 aromatic rings. The standard InChI is InChI=1S/C16H17N5O/c1-20-9-5-8-15(20)16(22)19-14(10-21-12-17-11-18-21)13-6-3-2-4-7-13/h2-9,11-12,14H,10H2,1H3,(H,19,22)/t14-/m1/s1. The summed E-state index contributed by atoms with van der Waals surface area (Å²) in [7, 11) is 1.85. The number of nitrogens with zero attached hydrogens (tertiary/aromatic N) is 4.